The molecule has 1 N–H and O–H groups in total. The van der Waals surface area contributed by atoms with Crippen molar-refractivity contribution in [2.24, 2.45) is 0 Å². The van der Waals surface area contributed by atoms with Gasteiger partial charge in [0.25, 0.3) is 0 Å². The average Bonchev–Trinajstić information content (AvgIpc) is 2.63. The van der Waals surface area contributed by atoms with E-state index < -0.39 is 42.5 Å². The number of ether oxygens (including phenoxy) is 2. The van der Waals surface area contributed by atoms with E-state index in [0.29, 0.717) is 0 Å². The van der Waals surface area contributed by atoms with Crippen molar-refractivity contribution >= 4 is 5.91 Å². The van der Waals surface area contributed by atoms with Gasteiger partial charge < -0.3 is 14.3 Å². The first-order valence-electron chi connectivity index (χ1n) is 8.33. The predicted octanol–water partition coefficient (Wildman–Crippen LogP) is 4.50. The molecule has 0 aliphatic rings. The van der Waals surface area contributed by atoms with Gasteiger partial charge in [0.05, 0.1) is 6.20 Å². The Labute approximate surface area is 166 Å². The van der Waals surface area contributed by atoms with E-state index in [1.54, 1.807) is 0 Å². The second kappa shape index (κ2) is 9.09. The molecule has 0 saturated heterocycles. The van der Waals surface area contributed by atoms with Crippen LogP contribution in [0.25, 0.3) is 0 Å². The number of aromatic nitrogens is 1. The maximum Gasteiger partial charge on any atom is 0.573 e. The number of pyridine rings is 1. The number of carbonyl (C=O) groups excluding carboxylic acids is 1. The fourth-order valence-electron chi connectivity index (χ4n) is 2.36. The van der Waals surface area contributed by atoms with Gasteiger partial charge >= 0.3 is 12.5 Å². The minimum atomic E-state index is -5.05. The van der Waals surface area contributed by atoms with Crippen LogP contribution in [-0.4, -0.2) is 30.0 Å². The van der Waals surface area contributed by atoms with Crippen LogP contribution in [0.4, 0.5) is 26.3 Å². The number of nitrogens with one attached hydrogen (secondary N) is 1. The lowest BCUT2D eigenvalue weighted by atomic mass is 9.96. The summed E-state index contributed by atoms with van der Waals surface area (Å²) >= 11 is 0. The molecule has 1 heterocycles. The van der Waals surface area contributed by atoms with Crippen molar-refractivity contribution in [1.82, 2.24) is 10.5 Å². The molecule has 1 atom stereocenters. The third kappa shape index (κ3) is 7.01. The van der Waals surface area contributed by atoms with Gasteiger partial charge in [-0.1, -0.05) is 19.1 Å². The van der Waals surface area contributed by atoms with Crippen LogP contribution in [0.1, 0.15) is 31.0 Å². The van der Waals surface area contributed by atoms with E-state index >= 15 is 0 Å². The number of rotatable bonds is 7. The molecule has 1 amide bonds. The number of benzene rings is 1. The van der Waals surface area contributed by atoms with E-state index in [2.05, 4.69) is 14.5 Å². The molecule has 0 fully saturated rings. The van der Waals surface area contributed by atoms with Gasteiger partial charge in [-0.3, -0.25) is 9.78 Å². The molecule has 0 aliphatic carbocycles. The van der Waals surface area contributed by atoms with Crippen LogP contribution in [0, 0.1) is 0 Å². The molecule has 164 valence electrons. The molecule has 0 aliphatic heterocycles. The fraction of sp³-hybridized carbons (Fsp3) is 0.333. The molecular formula is C18H16F6N2O4. The Morgan fingerprint density at radius 3 is 2.37 bits per heavy atom. The van der Waals surface area contributed by atoms with E-state index in [-0.39, 0.29) is 17.0 Å². The van der Waals surface area contributed by atoms with Crippen molar-refractivity contribution in [2.45, 2.75) is 32.3 Å². The monoisotopic (exact) mass is 438 g/mol. The highest BCUT2D eigenvalue weighted by atomic mass is 19.4. The first-order chi connectivity index (χ1) is 13.9. The van der Waals surface area contributed by atoms with Crippen molar-refractivity contribution in [3.8, 4) is 17.2 Å². The number of hydrogen-bond acceptors (Lipinski definition) is 5. The third-order valence-corrected chi connectivity index (χ3v) is 3.60. The van der Waals surface area contributed by atoms with Crippen molar-refractivity contribution in [3.63, 3.8) is 0 Å². The zero-order valence-electron chi connectivity index (χ0n) is 15.6. The van der Waals surface area contributed by atoms with Crippen molar-refractivity contribution in [1.29, 1.82) is 0 Å². The molecule has 0 saturated carbocycles. The molecule has 1 aromatic carbocycles. The fourth-order valence-corrected chi connectivity index (χ4v) is 2.36. The Morgan fingerprint density at radius 1 is 1.13 bits per heavy atom. The molecule has 0 radical (unpaired) electrons. The molecule has 12 heteroatoms. The number of halogens is 6. The minimum absolute atomic E-state index is 0.0200. The summed E-state index contributed by atoms with van der Waals surface area (Å²) in [7, 11) is 0. The zero-order chi connectivity index (χ0) is 22.5. The van der Waals surface area contributed by atoms with E-state index in [9.17, 15) is 31.1 Å². The Bertz CT molecular complexity index is 868. The van der Waals surface area contributed by atoms with Gasteiger partial charge in [-0.15, -0.1) is 13.2 Å². The van der Waals surface area contributed by atoms with Crippen molar-refractivity contribution < 1.29 is 45.4 Å². The number of alkyl halides is 6. The Morgan fingerprint density at radius 2 is 1.83 bits per heavy atom. The van der Waals surface area contributed by atoms with Gasteiger partial charge in [0.2, 0.25) is 5.91 Å². The van der Waals surface area contributed by atoms with E-state index in [4.69, 9.17) is 4.84 Å². The van der Waals surface area contributed by atoms with Crippen LogP contribution in [0.5, 0.6) is 17.2 Å². The summed E-state index contributed by atoms with van der Waals surface area (Å²) < 4.78 is 84.0. The summed E-state index contributed by atoms with van der Waals surface area (Å²) in [5.74, 6) is -2.66. The minimum Gasteiger partial charge on any atom is -0.483 e. The van der Waals surface area contributed by atoms with Gasteiger partial charge in [-0.05, 0) is 18.2 Å². The molecule has 0 unspecified atom stereocenters. The van der Waals surface area contributed by atoms with Crippen molar-refractivity contribution in [3.05, 3.63) is 47.8 Å². The van der Waals surface area contributed by atoms with Crippen LogP contribution in [-0.2, 0) is 4.79 Å². The SMILES string of the molecule is CC(=O)NOc1cccc([C@@H](C)c2ccc(OCC(F)(F)F)cn2)c1OC(F)(F)F. The highest BCUT2D eigenvalue weighted by molar-refractivity contribution is 5.72. The standard InChI is InChI=1S/C18H16F6N2O4/c1-10(14-7-6-12(8-25-14)28-9-17(19,20)21)13-4-3-5-15(30-26-11(2)27)16(13)29-18(22,23)24/h3-8,10H,9H2,1-2H3,(H,26,27)/t10-/m1/s1. The normalized spacial score (nSPS) is 12.8. The van der Waals surface area contributed by atoms with E-state index in [1.807, 2.05) is 5.48 Å². The van der Waals surface area contributed by atoms with E-state index in [0.717, 1.165) is 19.2 Å². The zero-order valence-corrected chi connectivity index (χ0v) is 15.6. The number of hydroxylamine groups is 1. The second-order valence-corrected chi connectivity index (χ2v) is 6.03. The van der Waals surface area contributed by atoms with Gasteiger partial charge in [-0.25, -0.2) is 0 Å². The summed E-state index contributed by atoms with van der Waals surface area (Å²) in [6.07, 6.45) is -8.55. The number of carbonyl (C=O) groups is 1. The number of hydrogen-bond donors (Lipinski definition) is 1. The molecule has 0 bridgehead atoms. The number of para-hydroxylation sites is 1. The van der Waals surface area contributed by atoms with Gasteiger partial charge in [-0.2, -0.15) is 18.7 Å². The summed E-state index contributed by atoms with van der Waals surface area (Å²) in [5, 5.41) is 0. The number of amides is 1. The lowest BCUT2D eigenvalue weighted by molar-refractivity contribution is -0.275. The topological polar surface area (TPSA) is 69.7 Å². The van der Waals surface area contributed by atoms with E-state index in [1.165, 1.54) is 31.2 Å². The van der Waals surface area contributed by atoms with Crippen LogP contribution in [0.3, 0.4) is 0 Å². The van der Waals surface area contributed by atoms with Gasteiger partial charge in [0, 0.05) is 24.1 Å². The first-order valence-corrected chi connectivity index (χ1v) is 8.33. The van der Waals surface area contributed by atoms with Gasteiger partial charge in [0.1, 0.15) is 5.75 Å². The smallest absolute Gasteiger partial charge is 0.483 e. The first kappa shape index (κ1) is 23.1. The molecule has 2 rings (SSSR count). The molecule has 30 heavy (non-hydrogen) atoms. The Kier molecular flexibility index (Phi) is 7.00. The Hall–Kier alpha value is -3.18. The lowest BCUT2D eigenvalue weighted by Gasteiger charge is -2.20. The second-order valence-electron chi connectivity index (χ2n) is 6.03. The average molecular weight is 438 g/mol. The maximum atomic E-state index is 12.9. The summed E-state index contributed by atoms with van der Waals surface area (Å²) in [4.78, 5) is 19.8. The van der Waals surface area contributed by atoms with Crippen LogP contribution in [0.15, 0.2) is 36.5 Å². The molecule has 0 spiro atoms. The van der Waals surface area contributed by atoms with Crippen LogP contribution >= 0.6 is 0 Å². The predicted molar refractivity (Wildman–Crippen MR) is 90.9 cm³/mol. The molecule has 1 aromatic heterocycles. The Balaban J connectivity index is 2.32. The van der Waals surface area contributed by atoms with Gasteiger partial charge in [0.15, 0.2) is 18.1 Å². The maximum absolute atomic E-state index is 12.9. The van der Waals surface area contributed by atoms with Crippen LogP contribution < -0.4 is 19.8 Å². The number of nitrogens with zero attached hydrogens (tertiary/aromatic N) is 1. The highest BCUT2D eigenvalue weighted by Crippen LogP contribution is 2.40. The summed E-state index contributed by atoms with van der Waals surface area (Å²) in [6, 6.07) is 6.41. The van der Waals surface area contributed by atoms with Crippen LogP contribution in [0.2, 0.25) is 0 Å². The quantitative estimate of drug-likeness (QED) is 0.509. The summed E-state index contributed by atoms with van der Waals surface area (Å²) in [5.41, 5.74) is 2.17. The highest BCUT2D eigenvalue weighted by Gasteiger charge is 2.35. The largest absolute Gasteiger partial charge is 0.573 e. The van der Waals surface area contributed by atoms with Crippen molar-refractivity contribution in [2.75, 3.05) is 6.61 Å². The third-order valence-electron chi connectivity index (χ3n) is 3.60. The molecular weight excluding hydrogens is 422 g/mol. The lowest BCUT2D eigenvalue weighted by Crippen LogP contribution is -2.25. The summed E-state index contributed by atoms with van der Waals surface area (Å²) in [6.45, 7) is 1.11. The molecule has 6 nitrogen and oxygen atoms in total. The molecule has 2 aromatic rings.